The van der Waals surface area contributed by atoms with Crippen LogP contribution in [0.3, 0.4) is 0 Å². The molecule has 12 heteroatoms. The fourth-order valence-electron chi connectivity index (χ4n) is 3.17. The van der Waals surface area contributed by atoms with Crippen molar-refractivity contribution in [3.8, 4) is 28.4 Å². The molecule has 2 aromatic heterocycles. The van der Waals surface area contributed by atoms with E-state index in [4.69, 9.17) is 0 Å². The van der Waals surface area contributed by atoms with Gasteiger partial charge >= 0.3 is 41.9 Å². The molecule has 0 saturated heterocycles. The topological polar surface area (TPSA) is 90.1 Å². The van der Waals surface area contributed by atoms with Gasteiger partial charge in [0.1, 0.15) is 28.1 Å². The summed E-state index contributed by atoms with van der Waals surface area (Å²) < 4.78 is 43.4. The minimum absolute atomic E-state index is 0. The zero-order valence-corrected chi connectivity index (χ0v) is 16.4. The van der Waals surface area contributed by atoms with E-state index in [1.165, 1.54) is 29.0 Å². The van der Waals surface area contributed by atoms with Crippen LogP contribution >= 0.6 is 12.6 Å². The van der Waals surface area contributed by atoms with Gasteiger partial charge in [-0.2, -0.15) is 0 Å². The normalized spacial score (nSPS) is 13.6. The third kappa shape index (κ3) is 5.05. The zero-order valence-electron chi connectivity index (χ0n) is 15.5. The standard InChI is InChI=1S/C19H15F3N4O3S.Na.H/c1-9-23-8-13(17(30)24-9)14-15(18(27)28)26(11-5-6-11)16(25-14)10-3-2-4-12(7-10)29-19(20,21)22;;/h2-4,7-8,11H,5-6H2,1H3,(H,27,28)(H,23,24,30);;. The SMILES string of the molecule is Cc1ncc(-c2nc(-c3cccc(OC(F)(F)F)c3)n(C3CC3)c2C(=O)O)c(S)n1.[NaH]. The first-order chi connectivity index (χ1) is 14.1. The van der Waals surface area contributed by atoms with Crippen molar-refractivity contribution in [1.82, 2.24) is 19.5 Å². The van der Waals surface area contributed by atoms with Crippen LogP contribution < -0.4 is 4.74 Å². The Morgan fingerprint density at radius 1 is 1.29 bits per heavy atom. The van der Waals surface area contributed by atoms with Gasteiger partial charge in [0.2, 0.25) is 0 Å². The summed E-state index contributed by atoms with van der Waals surface area (Å²) in [4.78, 5) is 24.8. The molecule has 0 unspecified atom stereocenters. The Balaban J connectivity index is 0.00000272. The Kier molecular flexibility index (Phi) is 6.70. The number of halogens is 3. The van der Waals surface area contributed by atoms with Crippen molar-refractivity contribution in [2.24, 2.45) is 0 Å². The van der Waals surface area contributed by atoms with E-state index in [9.17, 15) is 23.1 Å². The molecule has 0 spiro atoms. The van der Waals surface area contributed by atoms with Crippen molar-refractivity contribution in [3.05, 3.63) is 42.0 Å². The number of benzene rings is 1. The summed E-state index contributed by atoms with van der Waals surface area (Å²) in [5, 5.41) is 10.2. The first kappa shape index (κ1) is 23.6. The van der Waals surface area contributed by atoms with Crippen LogP contribution in [0.4, 0.5) is 13.2 Å². The van der Waals surface area contributed by atoms with E-state index in [1.54, 1.807) is 13.0 Å². The second kappa shape index (κ2) is 8.81. The molecular formula is C19H16F3N4NaO3S. The van der Waals surface area contributed by atoms with Gasteiger partial charge in [0.05, 0.1) is 5.56 Å². The average molecular weight is 460 g/mol. The first-order valence-electron chi connectivity index (χ1n) is 8.88. The van der Waals surface area contributed by atoms with Gasteiger partial charge in [0, 0.05) is 17.8 Å². The number of nitrogens with zero attached hydrogens (tertiary/aromatic N) is 4. The van der Waals surface area contributed by atoms with Gasteiger partial charge in [-0.3, -0.25) is 0 Å². The quantitative estimate of drug-likeness (QED) is 0.341. The van der Waals surface area contributed by atoms with Gasteiger partial charge < -0.3 is 14.4 Å². The number of thiol groups is 1. The maximum absolute atomic E-state index is 12.6. The molecule has 1 aliphatic carbocycles. The van der Waals surface area contributed by atoms with Crippen LogP contribution in [-0.4, -0.2) is 66.5 Å². The number of carboxylic acids is 1. The van der Waals surface area contributed by atoms with Crippen LogP contribution in [0.15, 0.2) is 35.5 Å². The van der Waals surface area contributed by atoms with Crippen LogP contribution in [0.1, 0.15) is 35.2 Å². The van der Waals surface area contributed by atoms with Crippen molar-refractivity contribution >= 4 is 48.2 Å². The van der Waals surface area contributed by atoms with Crippen molar-refractivity contribution in [3.63, 3.8) is 0 Å². The molecule has 4 rings (SSSR count). The van der Waals surface area contributed by atoms with E-state index in [0.29, 0.717) is 17.0 Å². The van der Waals surface area contributed by atoms with E-state index in [0.717, 1.165) is 12.8 Å². The molecule has 1 aliphatic rings. The molecule has 1 aromatic carbocycles. The first-order valence-corrected chi connectivity index (χ1v) is 9.33. The summed E-state index contributed by atoms with van der Waals surface area (Å²) in [5.74, 6) is -0.950. The van der Waals surface area contributed by atoms with E-state index < -0.39 is 18.1 Å². The summed E-state index contributed by atoms with van der Waals surface area (Å²) in [6.45, 7) is 1.67. The molecule has 158 valence electrons. The number of carboxylic acid groups (broad SMARTS) is 1. The number of rotatable bonds is 5. The van der Waals surface area contributed by atoms with Crippen molar-refractivity contribution in [1.29, 1.82) is 0 Å². The number of hydrogen-bond acceptors (Lipinski definition) is 6. The van der Waals surface area contributed by atoms with Gasteiger partial charge in [-0.05, 0) is 31.9 Å². The van der Waals surface area contributed by atoms with Crippen molar-refractivity contribution in [2.45, 2.75) is 37.2 Å². The molecule has 0 aliphatic heterocycles. The molecule has 0 atom stereocenters. The third-order valence-corrected chi connectivity index (χ3v) is 4.84. The number of aryl methyl sites for hydroxylation is 1. The summed E-state index contributed by atoms with van der Waals surface area (Å²) in [5.41, 5.74) is 0.643. The summed E-state index contributed by atoms with van der Waals surface area (Å²) >= 11 is 4.32. The van der Waals surface area contributed by atoms with Gasteiger partial charge in [-0.15, -0.1) is 25.8 Å². The Hall–Kier alpha value is -2.08. The molecule has 7 nitrogen and oxygen atoms in total. The van der Waals surface area contributed by atoms with Gasteiger partial charge in [-0.1, -0.05) is 12.1 Å². The molecule has 0 bridgehead atoms. The molecule has 0 radical (unpaired) electrons. The Bertz CT molecular complexity index is 1150. The fraction of sp³-hybridized carbons (Fsp3) is 0.263. The van der Waals surface area contributed by atoms with Gasteiger partial charge in [0.15, 0.2) is 5.69 Å². The number of aromatic carboxylic acids is 1. The molecular weight excluding hydrogens is 444 g/mol. The molecule has 2 heterocycles. The summed E-state index contributed by atoms with van der Waals surface area (Å²) in [7, 11) is 0. The summed E-state index contributed by atoms with van der Waals surface area (Å²) in [6, 6.07) is 5.17. The molecule has 0 amide bonds. The zero-order chi connectivity index (χ0) is 21.6. The third-order valence-electron chi connectivity index (χ3n) is 4.50. The van der Waals surface area contributed by atoms with Crippen molar-refractivity contribution in [2.75, 3.05) is 0 Å². The fourth-order valence-corrected chi connectivity index (χ4v) is 3.48. The number of alkyl halides is 3. The van der Waals surface area contributed by atoms with Gasteiger partial charge in [-0.25, -0.2) is 19.7 Å². The number of carbonyl (C=O) groups is 1. The second-order valence-corrected chi connectivity index (χ2v) is 7.19. The van der Waals surface area contributed by atoms with Crippen LogP contribution in [0.25, 0.3) is 22.6 Å². The predicted octanol–water partition coefficient (Wildman–Crippen LogP) is 3.89. The van der Waals surface area contributed by atoms with Crippen LogP contribution in [0.2, 0.25) is 0 Å². The summed E-state index contributed by atoms with van der Waals surface area (Å²) in [6.07, 6.45) is -1.94. The Morgan fingerprint density at radius 3 is 2.58 bits per heavy atom. The molecule has 1 saturated carbocycles. The minimum atomic E-state index is -4.85. The molecule has 3 aromatic rings. The second-order valence-electron chi connectivity index (χ2n) is 6.77. The van der Waals surface area contributed by atoms with Gasteiger partial charge in [0.25, 0.3) is 0 Å². The maximum atomic E-state index is 12.6. The number of imidazole rings is 1. The monoisotopic (exact) mass is 460 g/mol. The Morgan fingerprint density at radius 2 is 2.00 bits per heavy atom. The number of ether oxygens (including phenoxy) is 1. The van der Waals surface area contributed by atoms with Crippen molar-refractivity contribution < 1.29 is 27.8 Å². The van der Waals surface area contributed by atoms with E-state index >= 15 is 0 Å². The number of hydrogen-bond donors (Lipinski definition) is 2. The van der Waals surface area contributed by atoms with Crippen LogP contribution in [-0.2, 0) is 0 Å². The predicted molar refractivity (Wildman–Crippen MR) is 110 cm³/mol. The molecule has 1 N–H and O–H groups in total. The van der Waals surface area contributed by atoms with E-state index in [-0.39, 0.29) is 57.8 Å². The Labute approximate surface area is 202 Å². The average Bonchev–Trinajstić information content (AvgIpc) is 3.40. The molecule has 31 heavy (non-hydrogen) atoms. The van der Waals surface area contributed by atoms with Crippen LogP contribution in [0.5, 0.6) is 5.75 Å². The number of aromatic nitrogens is 4. The molecule has 1 fully saturated rings. The van der Waals surface area contributed by atoms with E-state index in [1.807, 2.05) is 0 Å². The van der Waals surface area contributed by atoms with Crippen LogP contribution in [0, 0.1) is 6.92 Å². The van der Waals surface area contributed by atoms with E-state index in [2.05, 4.69) is 32.3 Å².